The predicted octanol–water partition coefficient (Wildman–Crippen LogP) is 6.50. The molecule has 0 radical (unpaired) electrons. The molecule has 216 valence electrons. The lowest BCUT2D eigenvalue weighted by Gasteiger charge is -2.29. The maximum absolute atomic E-state index is 13.7. The topological polar surface area (TPSA) is 77.6 Å². The van der Waals surface area contributed by atoms with Crippen molar-refractivity contribution >= 4 is 34.8 Å². The summed E-state index contributed by atoms with van der Waals surface area (Å²) in [5, 5.41) is 20.5. The molecule has 9 heteroatoms. The van der Waals surface area contributed by atoms with E-state index in [0.29, 0.717) is 48.6 Å². The number of carbonyl (C=O) groups is 1. The molecule has 0 aromatic heterocycles. The number of piperidine rings is 1. The monoisotopic (exact) mass is 592 g/mol. The van der Waals surface area contributed by atoms with E-state index in [9.17, 15) is 15.3 Å². The van der Waals surface area contributed by atoms with Gasteiger partial charge in [-0.2, -0.15) is 10.5 Å². The van der Waals surface area contributed by atoms with Crippen molar-refractivity contribution in [3.63, 3.8) is 0 Å². The molecule has 7 nitrogen and oxygen atoms in total. The highest BCUT2D eigenvalue weighted by Crippen LogP contribution is 2.28. The second-order valence-corrected chi connectivity index (χ2v) is 11.7. The number of hydrogen-bond acceptors (Lipinski definition) is 6. The van der Waals surface area contributed by atoms with Gasteiger partial charge in [0.1, 0.15) is 18.0 Å². The van der Waals surface area contributed by atoms with Crippen LogP contribution in [-0.2, 0) is 17.9 Å². The number of benzene rings is 2. The van der Waals surface area contributed by atoms with Crippen LogP contribution in [0, 0.1) is 29.6 Å². The van der Waals surface area contributed by atoms with Crippen LogP contribution in [0.4, 0.5) is 5.69 Å². The summed E-state index contributed by atoms with van der Waals surface area (Å²) in [5.41, 5.74) is 4.21. The highest BCUT2D eigenvalue weighted by molar-refractivity contribution is 6.34. The Morgan fingerprint density at radius 1 is 0.902 bits per heavy atom. The van der Waals surface area contributed by atoms with E-state index in [2.05, 4.69) is 36.9 Å². The Morgan fingerprint density at radius 2 is 1.59 bits per heavy atom. The van der Waals surface area contributed by atoms with Gasteiger partial charge < -0.3 is 14.7 Å². The zero-order chi connectivity index (χ0) is 29.4. The minimum Gasteiger partial charge on any atom is -0.354 e. The van der Waals surface area contributed by atoms with E-state index in [-0.39, 0.29) is 17.9 Å². The number of halogens is 2. The number of carbonyl (C=O) groups excluding carboxylic acids is 1. The molecular formula is C32H38Cl2N6O. The minimum absolute atomic E-state index is 0.0368. The zero-order valence-electron chi connectivity index (χ0n) is 24.0. The van der Waals surface area contributed by atoms with Gasteiger partial charge in [0.15, 0.2) is 5.57 Å². The summed E-state index contributed by atoms with van der Waals surface area (Å²) in [6.07, 6.45) is 4.92. The number of nitrogens with zero attached hydrogens (tertiary/aromatic N) is 6. The quantitative estimate of drug-likeness (QED) is 0.293. The lowest BCUT2D eigenvalue weighted by Crippen LogP contribution is -2.35. The maximum Gasteiger partial charge on any atom is 0.228 e. The third-order valence-electron chi connectivity index (χ3n) is 7.74. The van der Waals surface area contributed by atoms with E-state index in [1.165, 1.54) is 24.8 Å². The molecule has 2 aliphatic rings. The number of amides is 1. The Balaban J connectivity index is 1.49. The Bertz CT molecular complexity index is 1320. The number of allylic oxidation sites excluding steroid dienone is 1. The number of hydrogen-bond donors (Lipinski definition) is 0. The van der Waals surface area contributed by atoms with Crippen molar-refractivity contribution in [3.05, 3.63) is 74.5 Å². The first-order chi connectivity index (χ1) is 19.8. The SMILES string of the molecule is CCCN(C(=O)CCN1CCN(Cc2cc(Cl)cc(Cl)c2)C1=C(C#N)C#N)c1cc(CN2CCCCC2)ccc1C. The molecule has 0 bridgehead atoms. The molecule has 2 saturated heterocycles. The van der Waals surface area contributed by atoms with E-state index in [4.69, 9.17) is 23.2 Å². The van der Waals surface area contributed by atoms with Gasteiger partial charge in [-0.3, -0.25) is 9.69 Å². The van der Waals surface area contributed by atoms with Crippen molar-refractivity contribution in [2.24, 2.45) is 0 Å². The third kappa shape index (κ3) is 7.95. The number of rotatable bonds is 10. The van der Waals surface area contributed by atoms with E-state index in [0.717, 1.165) is 42.9 Å². The summed E-state index contributed by atoms with van der Waals surface area (Å²) in [6.45, 7) is 10.0. The summed E-state index contributed by atoms with van der Waals surface area (Å²) in [4.78, 5) is 22.1. The minimum atomic E-state index is 0.0368. The van der Waals surface area contributed by atoms with Gasteiger partial charge in [0.25, 0.3) is 0 Å². The Kier molecular flexibility index (Phi) is 10.9. The van der Waals surface area contributed by atoms with Gasteiger partial charge in [0, 0.05) is 61.4 Å². The first-order valence-electron chi connectivity index (χ1n) is 14.4. The fourth-order valence-corrected chi connectivity index (χ4v) is 6.35. The number of aryl methyl sites for hydroxylation is 1. The van der Waals surface area contributed by atoms with Gasteiger partial charge >= 0.3 is 0 Å². The fourth-order valence-electron chi connectivity index (χ4n) is 5.78. The summed E-state index contributed by atoms with van der Waals surface area (Å²) < 4.78 is 0. The number of likely N-dealkylation sites (tertiary alicyclic amines) is 1. The molecule has 0 saturated carbocycles. The van der Waals surface area contributed by atoms with Crippen LogP contribution >= 0.6 is 23.2 Å². The van der Waals surface area contributed by atoms with Crippen LogP contribution in [0.15, 0.2) is 47.8 Å². The molecule has 0 unspecified atom stereocenters. The smallest absolute Gasteiger partial charge is 0.228 e. The lowest BCUT2D eigenvalue weighted by atomic mass is 10.1. The maximum atomic E-state index is 13.7. The summed E-state index contributed by atoms with van der Waals surface area (Å²) in [7, 11) is 0. The summed E-state index contributed by atoms with van der Waals surface area (Å²) >= 11 is 12.4. The molecule has 41 heavy (non-hydrogen) atoms. The Hall–Kier alpha value is -3.23. The van der Waals surface area contributed by atoms with Crippen LogP contribution in [0.25, 0.3) is 0 Å². The van der Waals surface area contributed by atoms with Crippen LogP contribution in [0.1, 0.15) is 55.7 Å². The number of anilines is 1. The molecule has 2 fully saturated rings. The van der Waals surface area contributed by atoms with Crippen molar-refractivity contribution in [1.82, 2.24) is 14.7 Å². The molecule has 2 aliphatic heterocycles. The molecule has 4 rings (SSSR count). The first kappa shape index (κ1) is 30.7. The second kappa shape index (κ2) is 14.6. The van der Waals surface area contributed by atoms with Crippen LogP contribution in [0.5, 0.6) is 0 Å². The first-order valence-corrected chi connectivity index (χ1v) is 15.2. The van der Waals surface area contributed by atoms with Crippen molar-refractivity contribution in [1.29, 1.82) is 10.5 Å². The van der Waals surface area contributed by atoms with Crippen molar-refractivity contribution in [3.8, 4) is 12.1 Å². The van der Waals surface area contributed by atoms with Crippen LogP contribution in [-0.4, -0.2) is 59.9 Å². The van der Waals surface area contributed by atoms with Gasteiger partial charge in [-0.1, -0.05) is 48.7 Å². The van der Waals surface area contributed by atoms with Gasteiger partial charge in [-0.25, -0.2) is 0 Å². The van der Waals surface area contributed by atoms with E-state index in [1.54, 1.807) is 6.07 Å². The average Bonchev–Trinajstić information content (AvgIpc) is 3.34. The Labute approximate surface area is 254 Å². The largest absolute Gasteiger partial charge is 0.354 e. The van der Waals surface area contributed by atoms with Gasteiger partial charge in [-0.15, -0.1) is 0 Å². The third-order valence-corrected chi connectivity index (χ3v) is 8.18. The number of nitriles is 2. The second-order valence-electron chi connectivity index (χ2n) is 10.9. The van der Waals surface area contributed by atoms with E-state index >= 15 is 0 Å². The Morgan fingerprint density at radius 3 is 2.24 bits per heavy atom. The van der Waals surface area contributed by atoms with Crippen LogP contribution in [0.2, 0.25) is 10.0 Å². The van der Waals surface area contributed by atoms with Crippen molar-refractivity contribution < 1.29 is 4.79 Å². The molecular weight excluding hydrogens is 555 g/mol. The van der Waals surface area contributed by atoms with Crippen molar-refractivity contribution in [2.75, 3.05) is 44.2 Å². The van der Waals surface area contributed by atoms with Gasteiger partial charge in [-0.05, 0) is 80.2 Å². The molecule has 2 aromatic carbocycles. The van der Waals surface area contributed by atoms with Gasteiger partial charge in [0.2, 0.25) is 5.91 Å². The standard InChI is InChI=1S/C32H38Cl2N6O/c1-3-10-40(30-18-25(8-7-24(30)2)22-37-11-5-4-6-12-37)31(41)9-13-38-14-15-39(32(38)27(20-35)21-36)23-26-16-28(33)19-29(34)17-26/h7-8,16-19H,3-6,9-15,22-23H2,1-2H3. The fraction of sp³-hybridized carbons (Fsp3) is 0.469. The molecule has 2 heterocycles. The molecule has 0 atom stereocenters. The lowest BCUT2D eigenvalue weighted by molar-refractivity contribution is -0.118. The van der Waals surface area contributed by atoms with E-state index < -0.39 is 0 Å². The highest BCUT2D eigenvalue weighted by Gasteiger charge is 2.30. The predicted molar refractivity (Wildman–Crippen MR) is 164 cm³/mol. The normalized spacial score (nSPS) is 15.5. The molecule has 1 amide bonds. The molecule has 0 aliphatic carbocycles. The molecule has 0 N–H and O–H groups in total. The molecule has 2 aromatic rings. The van der Waals surface area contributed by atoms with Crippen molar-refractivity contribution in [2.45, 2.75) is 59.0 Å². The van der Waals surface area contributed by atoms with Crippen LogP contribution in [0.3, 0.4) is 0 Å². The average molecular weight is 594 g/mol. The highest BCUT2D eigenvalue weighted by atomic mass is 35.5. The zero-order valence-corrected chi connectivity index (χ0v) is 25.5. The summed E-state index contributed by atoms with van der Waals surface area (Å²) in [5.74, 6) is 0.598. The van der Waals surface area contributed by atoms with Gasteiger partial charge in [0.05, 0.1) is 0 Å². The van der Waals surface area contributed by atoms with Crippen LogP contribution < -0.4 is 4.90 Å². The molecule has 0 spiro atoms. The van der Waals surface area contributed by atoms with E-state index in [1.807, 2.05) is 39.0 Å². The summed E-state index contributed by atoms with van der Waals surface area (Å²) in [6, 6.07) is 15.9.